The summed E-state index contributed by atoms with van der Waals surface area (Å²) in [5.74, 6) is 0.326. The van der Waals surface area contributed by atoms with Crippen LogP contribution >= 0.6 is 11.6 Å². The number of amides is 1. The van der Waals surface area contributed by atoms with Gasteiger partial charge < -0.3 is 14.8 Å². The summed E-state index contributed by atoms with van der Waals surface area (Å²) in [6, 6.07) is 7.78. The SMILES string of the molecule is CCCOc1c(Cl)cc(C(=O)Nc2ccc(C)c(S(=O)(=O)N(C)C)c2)cc1OCC. The number of carbonyl (C=O) groups excluding carboxylic acids is 1. The Balaban J connectivity index is 2.36. The average Bonchev–Trinajstić information content (AvgIpc) is 2.68. The lowest BCUT2D eigenvalue weighted by atomic mass is 10.1. The fourth-order valence-corrected chi connectivity index (χ4v) is 4.07. The molecular formula is C21H27ClN2O5S. The van der Waals surface area contributed by atoms with Crippen LogP contribution in [0.2, 0.25) is 5.02 Å². The first-order valence-corrected chi connectivity index (χ1v) is 11.4. The van der Waals surface area contributed by atoms with Crippen LogP contribution in [0.15, 0.2) is 35.2 Å². The number of halogens is 1. The quantitative estimate of drug-likeness (QED) is 0.609. The molecule has 0 radical (unpaired) electrons. The Labute approximate surface area is 183 Å². The van der Waals surface area contributed by atoms with E-state index in [1.807, 2.05) is 13.8 Å². The number of anilines is 1. The largest absolute Gasteiger partial charge is 0.490 e. The van der Waals surface area contributed by atoms with Crippen molar-refractivity contribution in [2.75, 3.05) is 32.6 Å². The minimum Gasteiger partial charge on any atom is -0.490 e. The third kappa shape index (κ3) is 5.44. The van der Waals surface area contributed by atoms with E-state index in [1.54, 1.807) is 25.1 Å². The molecule has 0 saturated carbocycles. The Bertz CT molecular complexity index is 1020. The zero-order valence-corrected chi connectivity index (χ0v) is 19.4. The van der Waals surface area contributed by atoms with Crippen molar-refractivity contribution >= 4 is 33.2 Å². The predicted molar refractivity (Wildman–Crippen MR) is 118 cm³/mol. The van der Waals surface area contributed by atoms with Crippen molar-refractivity contribution in [3.63, 3.8) is 0 Å². The van der Waals surface area contributed by atoms with Gasteiger partial charge in [0.15, 0.2) is 11.5 Å². The highest BCUT2D eigenvalue weighted by molar-refractivity contribution is 7.89. The minimum absolute atomic E-state index is 0.127. The Morgan fingerprint density at radius 1 is 1.13 bits per heavy atom. The smallest absolute Gasteiger partial charge is 0.255 e. The summed E-state index contributed by atoms with van der Waals surface area (Å²) in [6.07, 6.45) is 0.801. The molecule has 0 fully saturated rings. The van der Waals surface area contributed by atoms with Crippen LogP contribution in [0.3, 0.4) is 0 Å². The standard InChI is InChI=1S/C21H27ClN2O5S/c1-6-10-29-20-17(22)11-15(12-18(20)28-7-2)21(25)23-16-9-8-14(3)19(13-16)30(26,27)24(4)5/h8-9,11-13H,6-7,10H2,1-5H3,(H,23,25). The maximum absolute atomic E-state index is 12.8. The van der Waals surface area contributed by atoms with Gasteiger partial charge in [-0.1, -0.05) is 24.6 Å². The molecule has 2 rings (SSSR count). The molecule has 0 aliphatic rings. The van der Waals surface area contributed by atoms with Crippen molar-refractivity contribution in [2.24, 2.45) is 0 Å². The van der Waals surface area contributed by atoms with Gasteiger partial charge in [0.05, 0.1) is 23.1 Å². The highest BCUT2D eigenvalue weighted by Crippen LogP contribution is 2.37. The van der Waals surface area contributed by atoms with Gasteiger partial charge >= 0.3 is 0 Å². The number of benzene rings is 2. The predicted octanol–water partition coefficient (Wildman–Crippen LogP) is 4.34. The van der Waals surface area contributed by atoms with Crippen LogP contribution in [-0.4, -0.2) is 45.9 Å². The summed E-state index contributed by atoms with van der Waals surface area (Å²) < 4.78 is 37.4. The Morgan fingerprint density at radius 2 is 1.83 bits per heavy atom. The van der Waals surface area contributed by atoms with Crippen molar-refractivity contribution in [1.29, 1.82) is 0 Å². The number of carbonyl (C=O) groups is 1. The van der Waals surface area contributed by atoms with Crippen molar-refractivity contribution in [2.45, 2.75) is 32.1 Å². The molecule has 0 saturated heterocycles. The molecule has 164 valence electrons. The van der Waals surface area contributed by atoms with Gasteiger partial charge in [0.2, 0.25) is 10.0 Å². The fraction of sp³-hybridized carbons (Fsp3) is 0.381. The summed E-state index contributed by atoms with van der Waals surface area (Å²) in [5.41, 5.74) is 1.21. The van der Waals surface area contributed by atoms with E-state index in [-0.39, 0.29) is 15.5 Å². The van der Waals surface area contributed by atoms with Crippen LogP contribution in [0.1, 0.15) is 36.2 Å². The summed E-state index contributed by atoms with van der Waals surface area (Å²) in [5, 5.41) is 2.98. The molecule has 2 aromatic carbocycles. The molecule has 0 heterocycles. The van der Waals surface area contributed by atoms with Gasteiger partial charge in [-0.2, -0.15) is 0 Å². The highest BCUT2D eigenvalue weighted by atomic mass is 35.5. The van der Waals surface area contributed by atoms with Crippen LogP contribution in [0.5, 0.6) is 11.5 Å². The maximum Gasteiger partial charge on any atom is 0.255 e. The number of hydrogen-bond donors (Lipinski definition) is 1. The molecule has 2 aromatic rings. The molecule has 30 heavy (non-hydrogen) atoms. The molecule has 9 heteroatoms. The topological polar surface area (TPSA) is 84.9 Å². The molecule has 0 bridgehead atoms. The summed E-state index contributed by atoms with van der Waals surface area (Å²) >= 11 is 6.32. The first kappa shape index (κ1) is 24.0. The number of sulfonamides is 1. The summed E-state index contributed by atoms with van der Waals surface area (Å²) in [6.45, 7) is 6.35. The number of nitrogens with zero attached hydrogens (tertiary/aromatic N) is 1. The van der Waals surface area contributed by atoms with Crippen LogP contribution in [-0.2, 0) is 10.0 Å². The van der Waals surface area contributed by atoms with Gasteiger partial charge in [0.25, 0.3) is 5.91 Å². The third-order valence-corrected chi connectivity index (χ3v) is 6.46. The molecule has 0 aromatic heterocycles. The Hall–Kier alpha value is -2.29. The average molecular weight is 455 g/mol. The molecule has 0 aliphatic carbocycles. The lowest BCUT2D eigenvalue weighted by Gasteiger charge is -2.16. The zero-order valence-electron chi connectivity index (χ0n) is 17.8. The second kappa shape index (κ2) is 10.1. The van der Waals surface area contributed by atoms with Gasteiger partial charge in [0.1, 0.15) is 0 Å². The van der Waals surface area contributed by atoms with E-state index >= 15 is 0 Å². The number of ether oxygens (including phenoxy) is 2. The van der Waals surface area contributed by atoms with E-state index < -0.39 is 15.9 Å². The second-order valence-electron chi connectivity index (χ2n) is 6.79. The molecule has 1 amide bonds. The normalized spacial score (nSPS) is 11.4. The number of aryl methyl sites for hydroxylation is 1. The second-order valence-corrected chi connectivity index (χ2v) is 9.32. The lowest BCUT2D eigenvalue weighted by molar-refractivity contribution is 0.102. The number of nitrogens with one attached hydrogen (secondary N) is 1. The summed E-state index contributed by atoms with van der Waals surface area (Å²) in [7, 11) is -0.726. The van der Waals surface area contributed by atoms with Crippen LogP contribution in [0, 0.1) is 6.92 Å². The molecule has 0 unspecified atom stereocenters. The minimum atomic E-state index is -3.64. The van der Waals surface area contributed by atoms with Crippen molar-refractivity contribution < 1.29 is 22.7 Å². The van der Waals surface area contributed by atoms with Crippen LogP contribution < -0.4 is 14.8 Å². The van der Waals surface area contributed by atoms with Gasteiger partial charge in [-0.05, 0) is 50.1 Å². The molecule has 0 spiro atoms. The summed E-state index contributed by atoms with van der Waals surface area (Å²) in [4.78, 5) is 12.9. The van der Waals surface area contributed by atoms with Crippen molar-refractivity contribution in [3.05, 3.63) is 46.5 Å². The molecular weight excluding hydrogens is 428 g/mol. The van der Waals surface area contributed by atoms with Gasteiger partial charge in [-0.25, -0.2) is 12.7 Å². The Morgan fingerprint density at radius 3 is 2.43 bits per heavy atom. The molecule has 0 atom stereocenters. The van der Waals surface area contributed by atoms with Gasteiger partial charge in [-0.15, -0.1) is 0 Å². The van der Waals surface area contributed by atoms with E-state index in [0.29, 0.717) is 36.0 Å². The fourth-order valence-electron chi connectivity index (χ4n) is 2.66. The van der Waals surface area contributed by atoms with Crippen molar-refractivity contribution in [3.8, 4) is 11.5 Å². The zero-order chi connectivity index (χ0) is 22.5. The number of hydrogen-bond acceptors (Lipinski definition) is 5. The lowest BCUT2D eigenvalue weighted by Crippen LogP contribution is -2.23. The molecule has 7 nitrogen and oxygen atoms in total. The molecule has 1 N–H and O–H groups in total. The van der Waals surface area contributed by atoms with Crippen LogP contribution in [0.25, 0.3) is 0 Å². The van der Waals surface area contributed by atoms with E-state index in [9.17, 15) is 13.2 Å². The van der Waals surface area contributed by atoms with Crippen molar-refractivity contribution in [1.82, 2.24) is 4.31 Å². The maximum atomic E-state index is 12.8. The van der Waals surface area contributed by atoms with Gasteiger partial charge in [-0.3, -0.25) is 4.79 Å². The Kier molecular flexibility index (Phi) is 8.11. The van der Waals surface area contributed by atoms with E-state index in [2.05, 4.69) is 5.32 Å². The van der Waals surface area contributed by atoms with Gasteiger partial charge in [0, 0.05) is 25.3 Å². The first-order chi connectivity index (χ1) is 14.1. The van der Waals surface area contributed by atoms with E-state index in [0.717, 1.165) is 10.7 Å². The monoisotopic (exact) mass is 454 g/mol. The van der Waals surface area contributed by atoms with E-state index in [1.165, 1.54) is 26.2 Å². The van der Waals surface area contributed by atoms with E-state index in [4.69, 9.17) is 21.1 Å². The highest BCUT2D eigenvalue weighted by Gasteiger charge is 2.21. The molecule has 0 aliphatic heterocycles. The third-order valence-electron chi connectivity index (χ3n) is 4.23. The number of rotatable bonds is 9. The first-order valence-electron chi connectivity index (χ1n) is 9.55. The van der Waals surface area contributed by atoms with Crippen LogP contribution in [0.4, 0.5) is 5.69 Å².